The lowest BCUT2D eigenvalue weighted by atomic mass is 10.2. The summed E-state index contributed by atoms with van der Waals surface area (Å²) in [6.07, 6.45) is -3.50. The first kappa shape index (κ1) is 16.1. The number of anilines is 1. The maximum atomic E-state index is 12.1. The molecule has 0 amide bonds. The van der Waals surface area contributed by atoms with Crippen LogP contribution < -0.4 is 5.73 Å². The maximum absolute atomic E-state index is 12.1. The molecule has 0 fully saturated rings. The van der Waals surface area contributed by atoms with E-state index in [4.69, 9.17) is 22.4 Å². The minimum Gasteiger partial charge on any atom is -0.477 e. The molecule has 0 saturated carbocycles. The molecule has 3 nitrogen and oxygen atoms in total. The summed E-state index contributed by atoms with van der Waals surface area (Å²) >= 11 is 5.65. The van der Waals surface area contributed by atoms with Gasteiger partial charge in [-0.1, -0.05) is 6.92 Å². The number of carboxylic acids is 1. The third kappa shape index (κ3) is 4.82. The first-order valence-corrected chi connectivity index (χ1v) is 5.90. The molecule has 1 rings (SSSR count). The molecule has 0 radical (unpaired) electrons. The molecular weight excluding hydrogens is 279 g/mol. The number of nitrogen functional groups attached to an aromatic ring is 1. The summed E-state index contributed by atoms with van der Waals surface area (Å²) in [5.41, 5.74) is 3.19. The van der Waals surface area contributed by atoms with Crippen molar-refractivity contribution in [3.05, 3.63) is 15.8 Å². The highest BCUT2D eigenvalue weighted by atomic mass is 35.5. The Morgan fingerprint density at radius 2 is 2.06 bits per heavy atom. The molecule has 0 aliphatic rings. The fraction of sp³-hybridized carbons (Fsp3) is 0.444. The summed E-state index contributed by atoms with van der Waals surface area (Å²) < 4.78 is 36.2. The van der Waals surface area contributed by atoms with Crippen LogP contribution in [0.15, 0.2) is 5.38 Å². The monoisotopic (exact) mass is 289 g/mol. The van der Waals surface area contributed by atoms with Gasteiger partial charge in [0.15, 0.2) is 0 Å². The topological polar surface area (TPSA) is 63.3 Å². The van der Waals surface area contributed by atoms with Crippen LogP contribution in [-0.4, -0.2) is 17.0 Å². The predicted octanol–water partition coefficient (Wildman–Crippen LogP) is 3.68. The highest BCUT2D eigenvalue weighted by molar-refractivity contribution is 7.12. The Labute approximate surface area is 105 Å². The second-order valence-electron chi connectivity index (χ2n) is 2.88. The van der Waals surface area contributed by atoms with Gasteiger partial charge >= 0.3 is 12.1 Å². The summed E-state index contributed by atoms with van der Waals surface area (Å²) in [6.45, 7) is 2.05. The van der Waals surface area contributed by atoms with Gasteiger partial charge in [-0.2, -0.15) is 13.2 Å². The summed E-state index contributed by atoms with van der Waals surface area (Å²) in [7, 11) is 0. The highest BCUT2D eigenvalue weighted by Crippen LogP contribution is 2.38. The van der Waals surface area contributed by atoms with E-state index in [9.17, 15) is 18.0 Å². The number of carboxylic acid groups (broad SMARTS) is 1. The van der Waals surface area contributed by atoms with E-state index in [2.05, 4.69) is 0 Å². The molecule has 1 aromatic rings. The molecule has 0 unspecified atom stereocenters. The number of aromatic carboxylic acids is 1. The lowest BCUT2D eigenvalue weighted by Gasteiger charge is -2.04. The highest BCUT2D eigenvalue weighted by Gasteiger charge is 2.36. The summed E-state index contributed by atoms with van der Waals surface area (Å²) in [5, 5.41) is 9.10. The minimum atomic E-state index is -4.59. The normalized spacial score (nSPS) is 10.6. The molecule has 1 heterocycles. The smallest absolute Gasteiger partial charge is 0.419 e. The van der Waals surface area contributed by atoms with Gasteiger partial charge < -0.3 is 10.8 Å². The largest absolute Gasteiger partial charge is 0.477 e. The van der Waals surface area contributed by atoms with Gasteiger partial charge in [0, 0.05) is 11.3 Å². The van der Waals surface area contributed by atoms with Crippen molar-refractivity contribution in [2.24, 2.45) is 0 Å². The van der Waals surface area contributed by atoms with Gasteiger partial charge in [-0.3, -0.25) is 0 Å². The van der Waals surface area contributed by atoms with Crippen LogP contribution in [0.25, 0.3) is 0 Å². The minimum absolute atomic E-state index is 0.467. The Kier molecular flexibility index (Phi) is 6.33. The molecule has 0 aromatic carbocycles. The van der Waals surface area contributed by atoms with E-state index in [1.165, 1.54) is 0 Å². The van der Waals surface area contributed by atoms with Gasteiger partial charge in [-0.25, -0.2) is 4.79 Å². The Balaban J connectivity index is 0.000000557. The lowest BCUT2D eigenvalue weighted by Crippen LogP contribution is -2.08. The zero-order valence-electron chi connectivity index (χ0n) is 8.84. The van der Waals surface area contributed by atoms with Gasteiger partial charge in [0.2, 0.25) is 0 Å². The van der Waals surface area contributed by atoms with Crippen molar-refractivity contribution in [2.75, 3.05) is 11.6 Å². The Morgan fingerprint density at radius 1 is 1.59 bits per heavy atom. The predicted molar refractivity (Wildman–Crippen MR) is 61.7 cm³/mol. The standard InChI is InChI=1S/C6H4F3NO2S.C3H7Cl/c7-6(8,9)2-1-13-4(3(2)10)5(11)12;1-2-3-4/h1H,10H2,(H,11,12);2-3H2,1H3. The maximum Gasteiger partial charge on any atom is 0.419 e. The average Bonchev–Trinajstić information content (AvgIpc) is 2.60. The molecule has 1 aromatic heterocycles. The van der Waals surface area contributed by atoms with E-state index in [1.807, 2.05) is 6.92 Å². The van der Waals surface area contributed by atoms with Crippen molar-refractivity contribution in [1.29, 1.82) is 0 Å². The SMILES string of the molecule is CCCCl.Nc1c(C(F)(F)F)csc1C(=O)O. The second-order valence-corrected chi connectivity index (χ2v) is 4.14. The Hall–Kier alpha value is -0.950. The third-order valence-electron chi connectivity index (χ3n) is 1.52. The summed E-state index contributed by atoms with van der Waals surface area (Å²) in [5.74, 6) is -0.655. The molecule has 0 atom stereocenters. The van der Waals surface area contributed by atoms with Crippen molar-refractivity contribution in [1.82, 2.24) is 0 Å². The number of nitrogens with two attached hydrogens (primary N) is 1. The third-order valence-corrected chi connectivity index (χ3v) is 2.88. The van der Waals surface area contributed by atoms with Crippen molar-refractivity contribution >= 4 is 34.6 Å². The molecule has 0 aliphatic carbocycles. The zero-order chi connectivity index (χ0) is 13.6. The van der Waals surface area contributed by atoms with E-state index in [0.29, 0.717) is 16.7 Å². The number of rotatable bonds is 2. The summed E-state index contributed by atoms with van der Waals surface area (Å²) in [4.78, 5) is 9.85. The molecule has 98 valence electrons. The Morgan fingerprint density at radius 3 is 2.24 bits per heavy atom. The van der Waals surface area contributed by atoms with Crippen LogP contribution >= 0.6 is 22.9 Å². The number of hydrogen-bond donors (Lipinski definition) is 2. The number of alkyl halides is 4. The second kappa shape index (κ2) is 6.70. The van der Waals surface area contributed by atoms with Gasteiger partial charge in [0.1, 0.15) is 4.88 Å². The van der Waals surface area contributed by atoms with Crippen LogP contribution in [0.1, 0.15) is 28.6 Å². The fourth-order valence-corrected chi connectivity index (χ4v) is 1.59. The summed E-state index contributed by atoms with van der Waals surface area (Å²) in [6, 6.07) is 0. The molecule has 17 heavy (non-hydrogen) atoms. The van der Waals surface area contributed by atoms with Gasteiger partial charge in [0.05, 0.1) is 11.3 Å². The van der Waals surface area contributed by atoms with E-state index in [1.54, 1.807) is 0 Å². The zero-order valence-corrected chi connectivity index (χ0v) is 10.4. The molecule has 3 N–H and O–H groups in total. The number of hydrogen-bond acceptors (Lipinski definition) is 3. The van der Waals surface area contributed by atoms with Crippen molar-refractivity contribution in [3.8, 4) is 0 Å². The Bertz CT molecular complexity index is 377. The van der Waals surface area contributed by atoms with Crippen LogP contribution in [0.2, 0.25) is 0 Å². The van der Waals surface area contributed by atoms with Crippen LogP contribution in [-0.2, 0) is 6.18 Å². The number of halogens is 4. The number of carbonyl (C=O) groups is 1. The van der Waals surface area contributed by atoms with Crippen LogP contribution in [0.3, 0.4) is 0 Å². The van der Waals surface area contributed by atoms with E-state index in [0.717, 1.165) is 12.3 Å². The first-order chi connectivity index (χ1) is 7.75. The van der Waals surface area contributed by atoms with E-state index in [-0.39, 0.29) is 0 Å². The fourth-order valence-electron chi connectivity index (χ4n) is 0.752. The molecule has 0 aliphatic heterocycles. The van der Waals surface area contributed by atoms with Gasteiger partial charge in [-0.15, -0.1) is 22.9 Å². The first-order valence-electron chi connectivity index (χ1n) is 4.49. The van der Waals surface area contributed by atoms with Crippen molar-refractivity contribution in [3.63, 3.8) is 0 Å². The van der Waals surface area contributed by atoms with E-state index >= 15 is 0 Å². The van der Waals surface area contributed by atoms with Gasteiger partial charge in [0.25, 0.3) is 0 Å². The lowest BCUT2D eigenvalue weighted by molar-refractivity contribution is -0.136. The number of thiophene rings is 1. The van der Waals surface area contributed by atoms with Crippen LogP contribution in [0.4, 0.5) is 18.9 Å². The average molecular weight is 290 g/mol. The molecule has 0 spiro atoms. The van der Waals surface area contributed by atoms with Crippen LogP contribution in [0, 0.1) is 0 Å². The van der Waals surface area contributed by atoms with Crippen molar-refractivity contribution < 1.29 is 23.1 Å². The molecule has 0 saturated heterocycles. The molecule has 0 bridgehead atoms. The van der Waals surface area contributed by atoms with E-state index < -0.39 is 28.3 Å². The van der Waals surface area contributed by atoms with Crippen molar-refractivity contribution in [2.45, 2.75) is 19.5 Å². The van der Waals surface area contributed by atoms with Crippen LogP contribution in [0.5, 0.6) is 0 Å². The quantitative estimate of drug-likeness (QED) is 0.816. The van der Waals surface area contributed by atoms with Gasteiger partial charge in [-0.05, 0) is 6.42 Å². The molecular formula is C9H11ClF3NO2S. The molecule has 8 heteroatoms.